The molecule has 1 heterocycles. The van der Waals surface area contributed by atoms with Crippen molar-refractivity contribution in [2.75, 3.05) is 19.7 Å². The Labute approximate surface area is 262 Å². The Morgan fingerprint density at radius 1 is 0.955 bits per heavy atom. The number of ether oxygens (including phenoxy) is 1. The molecule has 3 fully saturated rings. The Morgan fingerprint density at radius 2 is 1.59 bits per heavy atom. The van der Waals surface area contributed by atoms with Gasteiger partial charge in [-0.3, -0.25) is 9.69 Å². The van der Waals surface area contributed by atoms with Crippen LogP contribution in [0, 0.1) is 11.7 Å². The molecule has 2 saturated carbocycles. The van der Waals surface area contributed by atoms with Crippen LogP contribution in [-0.2, 0) is 26.2 Å². The van der Waals surface area contributed by atoms with E-state index in [9.17, 15) is 31.2 Å². The summed E-state index contributed by atoms with van der Waals surface area (Å²) in [4.78, 5) is 30.9. The topological polar surface area (TPSA) is 93.2 Å². The number of hydrogen-bond acceptors (Lipinski definition) is 7. The number of likely N-dealkylation sites (tertiary alicyclic amines) is 1. The molecule has 1 aliphatic heterocycles. The second kappa shape index (κ2) is 13.0. The first kappa shape index (κ1) is 32.8. The highest BCUT2D eigenvalue weighted by Gasteiger charge is 2.50. The number of halogens is 6. The molecule has 2 aromatic rings. The molecule has 0 bridgehead atoms. The van der Waals surface area contributed by atoms with Gasteiger partial charge < -0.3 is 9.57 Å². The first-order valence-corrected chi connectivity index (χ1v) is 16.5. The van der Waals surface area contributed by atoms with Crippen molar-refractivity contribution in [1.82, 2.24) is 9.37 Å². The van der Waals surface area contributed by atoms with Crippen molar-refractivity contribution in [1.29, 1.82) is 0 Å². The van der Waals surface area contributed by atoms with E-state index in [1.54, 1.807) is 6.07 Å². The van der Waals surface area contributed by atoms with Gasteiger partial charge in [0.2, 0.25) is 0 Å². The van der Waals surface area contributed by atoms with E-state index in [0.717, 1.165) is 50.2 Å². The van der Waals surface area contributed by atoms with Gasteiger partial charge in [0.05, 0.1) is 17.4 Å². The van der Waals surface area contributed by atoms with Crippen molar-refractivity contribution in [2.45, 2.75) is 68.8 Å². The van der Waals surface area contributed by atoms with Gasteiger partial charge in [-0.25, -0.2) is 17.6 Å². The molecule has 15 heteroatoms. The maximum Gasteiger partial charge on any atom is 0.493 e. The fourth-order valence-electron chi connectivity index (χ4n) is 5.24. The Morgan fingerprint density at radius 3 is 2.16 bits per heavy atom. The molecule has 2 aromatic carbocycles. The summed E-state index contributed by atoms with van der Waals surface area (Å²) in [5.41, 5.74) is 0.648. The van der Waals surface area contributed by atoms with E-state index in [4.69, 9.17) is 27.9 Å². The summed E-state index contributed by atoms with van der Waals surface area (Å²) in [6.07, 6.45) is -1.48. The van der Waals surface area contributed by atoms with Gasteiger partial charge in [-0.1, -0.05) is 27.7 Å². The zero-order valence-corrected chi connectivity index (χ0v) is 25.7. The van der Waals surface area contributed by atoms with Gasteiger partial charge in [0.1, 0.15) is 11.6 Å². The maximum absolute atomic E-state index is 15.2. The zero-order valence-electron chi connectivity index (χ0n) is 23.4. The average Bonchev–Trinajstić information content (AvgIpc) is 3.84. The largest absolute Gasteiger partial charge is 0.493 e. The number of piperidine rings is 1. The molecule has 0 spiro atoms. The third-order valence-corrected chi connectivity index (χ3v) is 10.4. The summed E-state index contributed by atoms with van der Waals surface area (Å²) < 4.78 is 84.6. The first-order chi connectivity index (χ1) is 20.7. The Bertz CT molecular complexity index is 1500. The third kappa shape index (κ3) is 7.96. The van der Waals surface area contributed by atoms with Crippen LogP contribution in [0.4, 0.5) is 17.6 Å². The number of carbonyl (C=O) groups excluding carboxylic acids is 2. The lowest BCUT2D eigenvalue weighted by atomic mass is 9.93. The molecule has 44 heavy (non-hydrogen) atoms. The van der Waals surface area contributed by atoms with Crippen molar-refractivity contribution >= 4 is 45.1 Å². The number of hydroxylamine groups is 1. The van der Waals surface area contributed by atoms with Gasteiger partial charge in [0.15, 0.2) is 0 Å². The predicted octanol–water partition coefficient (Wildman–Crippen LogP) is 6.65. The Balaban J connectivity index is 1.22. The molecule has 5 rings (SSSR count). The fraction of sp³-hybridized carbons (Fsp3) is 0.517. The molecular weight excluding hydrogens is 651 g/mol. The summed E-state index contributed by atoms with van der Waals surface area (Å²) in [7, 11) is -4.80. The predicted molar refractivity (Wildman–Crippen MR) is 153 cm³/mol. The van der Waals surface area contributed by atoms with Crippen LogP contribution < -0.4 is 4.74 Å². The van der Waals surface area contributed by atoms with E-state index < -0.39 is 49.2 Å². The van der Waals surface area contributed by atoms with E-state index in [0.29, 0.717) is 40.8 Å². The molecule has 0 radical (unpaired) electrons. The summed E-state index contributed by atoms with van der Waals surface area (Å²) in [5.74, 6) is -5.37. The zero-order chi connectivity index (χ0) is 31.8. The van der Waals surface area contributed by atoms with E-state index in [1.165, 1.54) is 0 Å². The number of nitrogens with zero attached hydrogens (tertiary/aromatic N) is 2. The van der Waals surface area contributed by atoms with Gasteiger partial charge in [0.25, 0.3) is 10.0 Å². The highest BCUT2D eigenvalue weighted by molar-refractivity contribution is 7.90. The Hall–Kier alpha value is -2.61. The average molecular weight is 682 g/mol. The highest BCUT2D eigenvalue weighted by atomic mass is 35.5. The molecule has 1 saturated heterocycles. The molecule has 2 aliphatic carbocycles. The lowest BCUT2D eigenvalue weighted by molar-refractivity contribution is -0.217. The van der Waals surface area contributed by atoms with Crippen LogP contribution >= 0.6 is 23.2 Å². The summed E-state index contributed by atoms with van der Waals surface area (Å²) in [6.45, 7) is 2.74. The van der Waals surface area contributed by atoms with Crippen LogP contribution in [-0.4, -0.2) is 60.8 Å². The summed E-state index contributed by atoms with van der Waals surface area (Å²) in [5, 5.41) is -0.0304. The summed E-state index contributed by atoms with van der Waals surface area (Å²) >= 11 is 12.2. The number of amides is 1. The highest BCUT2D eigenvalue weighted by Crippen LogP contribution is 2.45. The fourth-order valence-corrected chi connectivity index (χ4v) is 7.31. The minimum absolute atomic E-state index is 0.0636. The van der Waals surface area contributed by atoms with Crippen LogP contribution in [0.3, 0.4) is 0 Å². The van der Waals surface area contributed by atoms with E-state index in [-0.39, 0.29) is 31.1 Å². The van der Waals surface area contributed by atoms with Crippen LogP contribution in [0.1, 0.15) is 72.3 Å². The van der Waals surface area contributed by atoms with Crippen molar-refractivity contribution in [3.63, 3.8) is 0 Å². The number of alkyl halides is 3. The van der Waals surface area contributed by atoms with Gasteiger partial charge in [-0.2, -0.15) is 13.2 Å². The van der Waals surface area contributed by atoms with E-state index in [1.807, 2.05) is 12.1 Å². The van der Waals surface area contributed by atoms with Crippen molar-refractivity contribution in [3.8, 4) is 5.75 Å². The van der Waals surface area contributed by atoms with E-state index >= 15 is 4.39 Å². The van der Waals surface area contributed by atoms with Crippen LogP contribution in [0.2, 0.25) is 10.0 Å². The minimum atomic E-state index is -5.58. The Kier molecular flexibility index (Phi) is 9.69. The number of sulfonamides is 1. The second-order valence-electron chi connectivity index (χ2n) is 11.4. The lowest BCUT2D eigenvalue weighted by Crippen LogP contribution is -2.44. The molecule has 8 nitrogen and oxygen atoms in total. The number of benzene rings is 2. The SMILES string of the molecule is O=C(c1cc(C2CC2)c(OCCC2CCN(Cc3cc(Cl)cc(Cl)c3)CC2)cc1F)N(OC(=O)C(F)(F)F)S(=O)(=O)C1CC1. The lowest BCUT2D eigenvalue weighted by Gasteiger charge is -2.32. The molecule has 3 aliphatic rings. The van der Waals surface area contributed by atoms with Gasteiger partial charge >= 0.3 is 18.1 Å². The maximum atomic E-state index is 15.2. The van der Waals surface area contributed by atoms with Crippen molar-refractivity contribution in [3.05, 3.63) is 62.9 Å². The first-order valence-electron chi connectivity index (χ1n) is 14.2. The number of carbonyl (C=O) groups is 2. The van der Waals surface area contributed by atoms with Gasteiger partial charge in [-0.15, -0.1) is 0 Å². The standard InChI is InChI=1S/C29H30Cl2F4N2O6S/c30-20-11-18(12-21(31)13-20)16-36-8-5-17(6-9-36)7-10-42-26-15-25(32)24(14-23(26)19-1-2-19)27(38)37(43-28(39)29(33,34)35)44(40,41)22-3-4-22/h11-15,17,19,22H,1-10,16H2. The second-order valence-corrected chi connectivity index (χ2v) is 14.3. The normalized spacial score (nSPS) is 18.2. The summed E-state index contributed by atoms with van der Waals surface area (Å²) in [6, 6.07) is 7.49. The third-order valence-electron chi connectivity index (χ3n) is 7.91. The smallest absolute Gasteiger partial charge is 0.493 e. The van der Waals surface area contributed by atoms with Crippen LogP contribution in [0.5, 0.6) is 5.75 Å². The van der Waals surface area contributed by atoms with E-state index in [2.05, 4.69) is 9.74 Å². The van der Waals surface area contributed by atoms with Crippen LogP contribution in [0.25, 0.3) is 0 Å². The monoisotopic (exact) mass is 680 g/mol. The van der Waals surface area contributed by atoms with Gasteiger partial charge in [0, 0.05) is 22.7 Å². The molecule has 0 unspecified atom stereocenters. The number of rotatable bonds is 10. The molecule has 1 amide bonds. The van der Waals surface area contributed by atoms with Crippen molar-refractivity contribution < 1.29 is 45.1 Å². The minimum Gasteiger partial charge on any atom is -0.493 e. The quantitative estimate of drug-likeness (QED) is 0.205. The molecule has 0 aromatic heterocycles. The number of hydrogen-bond donors (Lipinski definition) is 0. The molecular formula is C29H30Cl2F4N2O6S. The molecule has 0 atom stereocenters. The van der Waals surface area contributed by atoms with Gasteiger partial charge in [-0.05, 0) is 105 Å². The van der Waals surface area contributed by atoms with Crippen LogP contribution in [0.15, 0.2) is 30.3 Å². The molecule has 240 valence electrons. The molecule has 0 N–H and O–H groups in total. The van der Waals surface area contributed by atoms with Crippen molar-refractivity contribution in [2.24, 2.45) is 5.92 Å².